The summed E-state index contributed by atoms with van der Waals surface area (Å²) in [5.74, 6) is 0.813. The molecule has 0 aliphatic carbocycles. The van der Waals surface area contributed by atoms with Gasteiger partial charge in [0.15, 0.2) is 11.5 Å². The number of methoxy groups -OCH3 is 2. The van der Waals surface area contributed by atoms with Crippen LogP contribution in [0.15, 0.2) is 42.5 Å². The lowest BCUT2D eigenvalue weighted by molar-refractivity contribution is 0.102. The zero-order valence-corrected chi connectivity index (χ0v) is 11.3. The van der Waals surface area contributed by atoms with Crippen molar-refractivity contribution in [1.29, 1.82) is 0 Å². The number of hydrogen-bond acceptors (Lipinski definition) is 4. The van der Waals surface area contributed by atoms with Gasteiger partial charge in [-0.05, 0) is 30.3 Å². The third-order valence-corrected chi connectivity index (χ3v) is 2.85. The van der Waals surface area contributed by atoms with Gasteiger partial charge in [0, 0.05) is 5.56 Å². The number of para-hydroxylation sites is 2. The van der Waals surface area contributed by atoms with Gasteiger partial charge in [-0.3, -0.25) is 4.79 Å². The lowest BCUT2D eigenvalue weighted by Crippen LogP contribution is -2.13. The predicted molar refractivity (Wildman–Crippen MR) is 78.4 cm³/mol. The molecule has 0 aliphatic rings. The summed E-state index contributed by atoms with van der Waals surface area (Å²) < 4.78 is 10.3. The largest absolute Gasteiger partial charge is 0.493 e. The molecule has 5 heteroatoms. The van der Waals surface area contributed by atoms with Gasteiger partial charge in [-0.25, -0.2) is 0 Å². The van der Waals surface area contributed by atoms with Crippen LogP contribution in [-0.2, 0) is 0 Å². The van der Waals surface area contributed by atoms with E-state index in [2.05, 4.69) is 5.32 Å². The molecular weight excluding hydrogens is 256 g/mol. The van der Waals surface area contributed by atoms with Gasteiger partial charge in [0.2, 0.25) is 0 Å². The van der Waals surface area contributed by atoms with Gasteiger partial charge in [-0.1, -0.05) is 12.1 Å². The maximum atomic E-state index is 12.2. The second-order valence-electron chi connectivity index (χ2n) is 4.11. The van der Waals surface area contributed by atoms with Crippen LogP contribution in [0.3, 0.4) is 0 Å². The first-order valence-corrected chi connectivity index (χ1v) is 6.03. The van der Waals surface area contributed by atoms with Crippen molar-refractivity contribution in [1.82, 2.24) is 0 Å². The van der Waals surface area contributed by atoms with Crippen molar-refractivity contribution in [3.05, 3.63) is 48.0 Å². The van der Waals surface area contributed by atoms with Crippen LogP contribution in [0.25, 0.3) is 0 Å². The number of nitrogen functional groups attached to an aromatic ring is 1. The van der Waals surface area contributed by atoms with Crippen molar-refractivity contribution < 1.29 is 14.3 Å². The summed E-state index contributed by atoms with van der Waals surface area (Å²) in [6.45, 7) is 0. The van der Waals surface area contributed by atoms with E-state index in [0.29, 0.717) is 28.4 Å². The molecule has 0 unspecified atom stereocenters. The molecule has 2 aromatic rings. The van der Waals surface area contributed by atoms with Crippen molar-refractivity contribution in [3.63, 3.8) is 0 Å². The fourth-order valence-corrected chi connectivity index (χ4v) is 1.78. The number of nitrogens with two attached hydrogens (primary N) is 1. The summed E-state index contributed by atoms with van der Waals surface area (Å²) in [5, 5.41) is 2.75. The Hall–Kier alpha value is -2.69. The number of carbonyl (C=O) groups is 1. The summed E-state index contributed by atoms with van der Waals surface area (Å²) >= 11 is 0. The van der Waals surface area contributed by atoms with E-state index >= 15 is 0 Å². The Morgan fingerprint density at radius 2 is 1.75 bits per heavy atom. The maximum Gasteiger partial charge on any atom is 0.255 e. The molecule has 0 bridgehead atoms. The van der Waals surface area contributed by atoms with Crippen molar-refractivity contribution in [3.8, 4) is 11.5 Å². The molecule has 3 N–H and O–H groups in total. The second-order valence-corrected chi connectivity index (χ2v) is 4.11. The van der Waals surface area contributed by atoms with Gasteiger partial charge in [0.05, 0.1) is 25.6 Å². The first kappa shape index (κ1) is 13.7. The molecule has 5 nitrogen and oxygen atoms in total. The normalized spacial score (nSPS) is 9.90. The summed E-state index contributed by atoms with van der Waals surface area (Å²) in [6, 6.07) is 12.0. The SMILES string of the molecule is COc1ccc(C(=O)Nc2ccccc2N)cc1OC. The Kier molecular flexibility index (Phi) is 4.10. The number of hydrogen-bond donors (Lipinski definition) is 2. The summed E-state index contributed by atoms with van der Waals surface area (Å²) in [7, 11) is 3.07. The molecule has 0 saturated carbocycles. The molecule has 0 saturated heterocycles. The number of nitrogens with one attached hydrogen (secondary N) is 1. The smallest absolute Gasteiger partial charge is 0.255 e. The minimum atomic E-state index is -0.260. The first-order chi connectivity index (χ1) is 9.65. The molecule has 1 amide bonds. The van der Waals surface area contributed by atoms with E-state index in [4.69, 9.17) is 15.2 Å². The molecule has 2 rings (SSSR count). The van der Waals surface area contributed by atoms with Crippen molar-refractivity contribution in [2.45, 2.75) is 0 Å². The lowest BCUT2D eigenvalue weighted by atomic mass is 10.1. The fourth-order valence-electron chi connectivity index (χ4n) is 1.78. The van der Waals surface area contributed by atoms with Crippen LogP contribution in [0.5, 0.6) is 11.5 Å². The first-order valence-electron chi connectivity index (χ1n) is 6.03. The molecule has 0 aliphatic heterocycles. The van der Waals surface area contributed by atoms with Gasteiger partial charge >= 0.3 is 0 Å². The number of benzene rings is 2. The molecule has 0 aromatic heterocycles. The number of ether oxygens (including phenoxy) is 2. The van der Waals surface area contributed by atoms with Gasteiger partial charge in [-0.2, -0.15) is 0 Å². The highest BCUT2D eigenvalue weighted by molar-refractivity contribution is 6.06. The zero-order valence-electron chi connectivity index (χ0n) is 11.3. The molecule has 0 atom stereocenters. The van der Waals surface area contributed by atoms with Crippen LogP contribution in [-0.4, -0.2) is 20.1 Å². The minimum absolute atomic E-state index is 0.260. The van der Waals surface area contributed by atoms with Crippen LogP contribution in [0.1, 0.15) is 10.4 Å². The topological polar surface area (TPSA) is 73.6 Å². The predicted octanol–water partition coefficient (Wildman–Crippen LogP) is 2.54. The lowest BCUT2D eigenvalue weighted by Gasteiger charge is -2.11. The van der Waals surface area contributed by atoms with Crippen LogP contribution >= 0.6 is 0 Å². The van der Waals surface area contributed by atoms with E-state index in [1.165, 1.54) is 7.11 Å². The van der Waals surface area contributed by atoms with Crippen LogP contribution in [0.4, 0.5) is 11.4 Å². The summed E-state index contributed by atoms with van der Waals surface area (Å²) in [4.78, 5) is 12.2. The Morgan fingerprint density at radius 1 is 1.05 bits per heavy atom. The molecule has 0 spiro atoms. The van der Waals surface area contributed by atoms with E-state index in [0.717, 1.165) is 0 Å². The highest BCUT2D eigenvalue weighted by atomic mass is 16.5. The highest BCUT2D eigenvalue weighted by Gasteiger charge is 2.11. The van der Waals surface area contributed by atoms with Crippen LogP contribution in [0, 0.1) is 0 Å². The van der Waals surface area contributed by atoms with Gasteiger partial charge < -0.3 is 20.5 Å². The quantitative estimate of drug-likeness (QED) is 0.839. The molecule has 0 heterocycles. The Labute approximate surface area is 117 Å². The monoisotopic (exact) mass is 272 g/mol. The van der Waals surface area contributed by atoms with Crippen molar-refractivity contribution in [2.24, 2.45) is 0 Å². The van der Waals surface area contributed by atoms with E-state index in [9.17, 15) is 4.79 Å². The van der Waals surface area contributed by atoms with Crippen molar-refractivity contribution in [2.75, 3.05) is 25.3 Å². The van der Waals surface area contributed by atoms with E-state index in [1.807, 2.05) is 0 Å². The van der Waals surface area contributed by atoms with E-state index in [-0.39, 0.29) is 5.91 Å². The van der Waals surface area contributed by atoms with Gasteiger partial charge in [0.25, 0.3) is 5.91 Å². The van der Waals surface area contributed by atoms with Crippen LogP contribution in [0.2, 0.25) is 0 Å². The van der Waals surface area contributed by atoms with Crippen molar-refractivity contribution >= 4 is 17.3 Å². The van der Waals surface area contributed by atoms with Gasteiger partial charge in [-0.15, -0.1) is 0 Å². The second kappa shape index (κ2) is 5.97. The Bertz CT molecular complexity index is 626. The van der Waals surface area contributed by atoms with Crippen LogP contribution < -0.4 is 20.5 Å². The molecule has 104 valence electrons. The number of carbonyl (C=O) groups excluding carboxylic acids is 1. The third kappa shape index (κ3) is 2.83. The maximum absolute atomic E-state index is 12.2. The standard InChI is InChI=1S/C15H16N2O3/c1-19-13-8-7-10(9-14(13)20-2)15(18)17-12-6-4-3-5-11(12)16/h3-9H,16H2,1-2H3,(H,17,18). The minimum Gasteiger partial charge on any atom is -0.493 e. The summed E-state index contributed by atoms with van der Waals surface area (Å²) in [6.07, 6.45) is 0. The molecule has 2 aromatic carbocycles. The molecular formula is C15H16N2O3. The molecule has 20 heavy (non-hydrogen) atoms. The molecule has 0 fully saturated rings. The van der Waals surface area contributed by atoms with E-state index in [1.54, 1.807) is 49.6 Å². The third-order valence-electron chi connectivity index (χ3n) is 2.85. The van der Waals surface area contributed by atoms with Gasteiger partial charge in [0.1, 0.15) is 0 Å². The average molecular weight is 272 g/mol. The van der Waals surface area contributed by atoms with E-state index < -0.39 is 0 Å². The Balaban J connectivity index is 2.24. The zero-order chi connectivity index (χ0) is 14.5. The number of anilines is 2. The summed E-state index contributed by atoms with van der Waals surface area (Å²) in [5.41, 5.74) is 7.34. The molecule has 0 radical (unpaired) electrons. The number of rotatable bonds is 4. The average Bonchev–Trinajstić information content (AvgIpc) is 2.48. The fraction of sp³-hybridized carbons (Fsp3) is 0.133. The number of amides is 1. The Morgan fingerprint density at radius 3 is 2.40 bits per heavy atom. The highest BCUT2D eigenvalue weighted by Crippen LogP contribution is 2.28.